The van der Waals surface area contributed by atoms with Crippen molar-refractivity contribution in [3.8, 4) is 0 Å². The van der Waals surface area contributed by atoms with Gasteiger partial charge in [0.05, 0.1) is 5.69 Å². The highest BCUT2D eigenvalue weighted by atomic mass is 19.3. The minimum atomic E-state index is -2.68. The summed E-state index contributed by atoms with van der Waals surface area (Å²) < 4.78 is 26.5. The maximum absolute atomic E-state index is 13.2. The van der Waals surface area contributed by atoms with Crippen LogP contribution in [0.25, 0.3) is 0 Å². The monoisotopic (exact) mass is 309 g/mol. The van der Waals surface area contributed by atoms with Crippen LogP contribution in [0.1, 0.15) is 31.2 Å². The molecule has 1 aromatic rings. The van der Waals surface area contributed by atoms with Gasteiger partial charge in [0, 0.05) is 25.0 Å². The van der Waals surface area contributed by atoms with Crippen molar-refractivity contribution in [2.45, 2.75) is 38.5 Å². The number of hydrogen-bond acceptors (Lipinski definition) is 3. The molecule has 1 saturated carbocycles. The molecule has 0 unspecified atom stereocenters. The van der Waals surface area contributed by atoms with Crippen LogP contribution in [0.3, 0.4) is 0 Å². The zero-order valence-electron chi connectivity index (χ0n) is 12.2. The highest BCUT2D eigenvalue weighted by Crippen LogP contribution is 2.38. The minimum Gasteiger partial charge on any atom is -0.321 e. The molecule has 22 heavy (non-hydrogen) atoms. The molecule has 118 valence electrons. The zero-order valence-corrected chi connectivity index (χ0v) is 12.2. The molecule has 0 saturated heterocycles. The van der Waals surface area contributed by atoms with Crippen molar-refractivity contribution < 1.29 is 18.4 Å². The fourth-order valence-corrected chi connectivity index (χ4v) is 2.99. The number of carbonyl (C=O) groups excluding carboxylic acids is 2. The summed E-state index contributed by atoms with van der Waals surface area (Å²) in [7, 11) is 0. The van der Waals surface area contributed by atoms with Gasteiger partial charge in [0.15, 0.2) is 5.82 Å². The van der Waals surface area contributed by atoms with E-state index >= 15 is 0 Å². The van der Waals surface area contributed by atoms with E-state index in [1.165, 1.54) is 4.90 Å². The molecule has 0 aromatic carbocycles. The normalized spacial score (nSPS) is 21.2. The van der Waals surface area contributed by atoms with Crippen LogP contribution in [0.5, 0.6) is 0 Å². The molecule has 1 aliphatic carbocycles. The minimum absolute atomic E-state index is 0.116. The summed E-state index contributed by atoms with van der Waals surface area (Å²) in [6, 6.07) is 1.74. The summed E-state index contributed by atoms with van der Waals surface area (Å²) in [5.41, 5.74) is 1.33. The molecule has 1 N–H and O–H groups in total. The van der Waals surface area contributed by atoms with E-state index in [9.17, 15) is 18.4 Å². The van der Waals surface area contributed by atoms with E-state index in [4.69, 9.17) is 0 Å². The Kier molecular flexibility index (Phi) is 3.58. The number of halogens is 2. The number of aryl methyl sites for hydroxylation is 1. The predicted molar refractivity (Wildman–Crippen MR) is 76.9 cm³/mol. The molecular weight excluding hydrogens is 292 g/mol. The summed E-state index contributed by atoms with van der Waals surface area (Å²) in [5, 5.41) is 2.71. The van der Waals surface area contributed by atoms with Gasteiger partial charge in [0.25, 0.3) is 0 Å². The third kappa shape index (κ3) is 2.67. The first-order valence-electron chi connectivity index (χ1n) is 7.32. The molecule has 1 fully saturated rings. The molecule has 0 spiro atoms. The highest BCUT2D eigenvalue weighted by Gasteiger charge is 2.40. The van der Waals surface area contributed by atoms with Crippen molar-refractivity contribution in [2.24, 2.45) is 5.92 Å². The molecule has 3 rings (SSSR count). The number of fused-ring (bicyclic) bond motifs is 1. The van der Waals surface area contributed by atoms with Crippen molar-refractivity contribution in [2.75, 3.05) is 16.8 Å². The lowest BCUT2D eigenvalue weighted by Gasteiger charge is -2.34. The van der Waals surface area contributed by atoms with Crippen LogP contribution in [-0.2, 0) is 9.59 Å². The van der Waals surface area contributed by atoms with Crippen molar-refractivity contribution in [1.29, 1.82) is 0 Å². The lowest BCUT2D eigenvalue weighted by Crippen LogP contribution is -2.46. The van der Waals surface area contributed by atoms with Gasteiger partial charge in [0.2, 0.25) is 17.7 Å². The third-order valence-corrected chi connectivity index (χ3v) is 4.29. The first-order chi connectivity index (χ1) is 10.4. The second kappa shape index (κ2) is 5.30. The van der Waals surface area contributed by atoms with Gasteiger partial charge in [-0.2, -0.15) is 0 Å². The summed E-state index contributed by atoms with van der Waals surface area (Å²) in [4.78, 5) is 30.0. The van der Waals surface area contributed by atoms with Crippen LogP contribution in [0.2, 0.25) is 0 Å². The zero-order chi connectivity index (χ0) is 15.9. The lowest BCUT2D eigenvalue weighted by atomic mass is 9.85. The van der Waals surface area contributed by atoms with Crippen molar-refractivity contribution in [3.05, 3.63) is 17.8 Å². The molecule has 1 aliphatic heterocycles. The molecule has 2 heterocycles. The number of aromatic nitrogens is 1. The SMILES string of the molecule is Cc1ccnc2c1NC(=O)CN2C(=O)C1CCC(F)(F)CC1. The van der Waals surface area contributed by atoms with Gasteiger partial charge in [0.1, 0.15) is 6.54 Å². The number of nitrogens with one attached hydrogen (secondary N) is 1. The summed E-state index contributed by atoms with van der Waals surface area (Å²) in [6.07, 6.45) is 1.30. The molecule has 5 nitrogen and oxygen atoms in total. The largest absolute Gasteiger partial charge is 0.321 e. The van der Waals surface area contributed by atoms with E-state index < -0.39 is 11.8 Å². The van der Waals surface area contributed by atoms with E-state index in [0.29, 0.717) is 11.5 Å². The van der Waals surface area contributed by atoms with Gasteiger partial charge >= 0.3 is 0 Å². The number of carbonyl (C=O) groups is 2. The number of anilines is 2. The van der Waals surface area contributed by atoms with Gasteiger partial charge < -0.3 is 5.32 Å². The van der Waals surface area contributed by atoms with Crippen molar-refractivity contribution in [1.82, 2.24) is 4.98 Å². The van der Waals surface area contributed by atoms with Crippen molar-refractivity contribution >= 4 is 23.3 Å². The fraction of sp³-hybridized carbons (Fsp3) is 0.533. The molecule has 0 atom stereocenters. The van der Waals surface area contributed by atoms with Crippen LogP contribution >= 0.6 is 0 Å². The second-order valence-electron chi connectivity index (χ2n) is 5.93. The van der Waals surface area contributed by atoms with Crippen LogP contribution in [0.15, 0.2) is 12.3 Å². The van der Waals surface area contributed by atoms with Gasteiger partial charge in [-0.1, -0.05) is 0 Å². The summed E-state index contributed by atoms with van der Waals surface area (Å²) >= 11 is 0. The highest BCUT2D eigenvalue weighted by molar-refractivity contribution is 6.10. The fourth-order valence-electron chi connectivity index (χ4n) is 2.99. The third-order valence-electron chi connectivity index (χ3n) is 4.29. The average Bonchev–Trinajstić information content (AvgIpc) is 2.47. The standard InChI is InChI=1S/C15H17F2N3O2/c1-9-4-7-18-13-12(9)19-11(21)8-20(13)14(22)10-2-5-15(16,17)6-3-10/h4,7,10H,2-3,5-6,8H2,1H3,(H,19,21). The molecular formula is C15H17F2N3O2. The van der Waals surface area contributed by atoms with Crippen LogP contribution in [0, 0.1) is 12.8 Å². The van der Waals surface area contributed by atoms with Crippen LogP contribution in [0.4, 0.5) is 20.3 Å². The van der Waals surface area contributed by atoms with E-state index in [0.717, 1.165) is 5.56 Å². The first kappa shape index (κ1) is 14.9. The number of pyridine rings is 1. The Hall–Kier alpha value is -2.05. The predicted octanol–water partition coefficient (Wildman–Crippen LogP) is 2.50. The second-order valence-corrected chi connectivity index (χ2v) is 5.93. The molecule has 7 heteroatoms. The summed E-state index contributed by atoms with van der Waals surface area (Å²) in [6.45, 7) is 1.70. The van der Waals surface area contributed by atoms with Gasteiger partial charge in [-0.15, -0.1) is 0 Å². The average molecular weight is 309 g/mol. The topological polar surface area (TPSA) is 62.3 Å². The number of rotatable bonds is 1. The Bertz CT molecular complexity index is 623. The summed E-state index contributed by atoms with van der Waals surface area (Å²) in [5.74, 6) is -3.33. The molecule has 2 aliphatic rings. The first-order valence-corrected chi connectivity index (χ1v) is 7.32. The van der Waals surface area contributed by atoms with E-state index in [-0.39, 0.29) is 44.0 Å². The lowest BCUT2D eigenvalue weighted by molar-refractivity contribution is -0.128. The number of hydrogen-bond donors (Lipinski definition) is 1. The van der Waals surface area contributed by atoms with Gasteiger partial charge in [-0.05, 0) is 31.4 Å². The van der Waals surface area contributed by atoms with E-state index in [1.807, 2.05) is 6.92 Å². The molecule has 2 amide bonds. The van der Waals surface area contributed by atoms with Crippen molar-refractivity contribution in [3.63, 3.8) is 0 Å². The van der Waals surface area contributed by atoms with Crippen LogP contribution in [-0.4, -0.2) is 29.3 Å². The van der Waals surface area contributed by atoms with E-state index in [1.54, 1.807) is 12.3 Å². The Morgan fingerprint density at radius 2 is 2.09 bits per heavy atom. The number of alkyl halides is 2. The Labute approximate surface area is 126 Å². The Balaban J connectivity index is 1.85. The quantitative estimate of drug-likeness (QED) is 0.867. The van der Waals surface area contributed by atoms with Gasteiger partial charge in [-0.25, -0.2) is 13.8 Å². The molecule has 1 aromatic heterocycles. The molecule has 0 bridgehead atoms. The van der Waals surface area contributed by atoms with Crippen LogP contribution < -0.4 is 10.2 Å². The van der Waals surface area contributed by atoms with Gasteiger partial charge in [-0.3, -0.25) is 14.5 Å². The Morgan fingerprint density at radius 1 is 1.41 bits per heavy atom. The number of amides is 2. The Morgan fingerprint density at radius 3 is 2.77 bits per heavy atom. The number of nitrogens with zero attached hydrogens (tertiary/aromatic N) is 2. The molecule has 0 radical (unpaired) electrons. The maximum atomic E-state index is 13.2. The van der Waals surface area contributed by atoms with E-state index in [2.05, 4.69) is 10.3 Å². The smallest absolute Gasteiger partial charge is 0.248 e. The maximum Gasteiger partial charge on any atom is 0.248 e.